The average molecular weight is 349 g/mol. The van der Waals surface area contributed by atoms with Crippen LogP contribution >= 0.6 is 15.9 Å². The molecule has 0 bridgehead atoms. The topological polar surface area (TPSA) is 75.3 Å². The summed E-state index contributed by atoms with van der Waals surface area (Å²) in [6, 6.07) is 7.16. The van der Waals surface area contributed by atoms with Gasteiger partial charge in [-0.2, -0.15) is 0 Å². The van der Waals surface area contributed by atoms with Gasteiger partial charge in [0.05, 0.1) is 10.9 Å². The summed E-state index contributed by atoms with van der Waals surface area (Å²) >= 11 is 3.00. The lowest BCUT2D eigenvalue weighted by molar-refractivity contribution is -0.106. The molecule has 2 rings (SSSR count). The Morgan fingerprint density at radius 3 is 2.60 bits per heavy atom. The number of carbonyl (C=O) groups excluding carboxylic acids is 1. The van der Waals surface area contributed by atoms with E-state index in [1.54, 1.807) is 30.3 Å². The Bertz CT molecular complexity index is 487. The highest BCUT2D eigenvalue weighted by Crippen LogP contribution is 2.34. The number of halogens is 3. The number of hydrogen-bond acceptors (Lipinski definition) is 3. The fourth-order valence-corrected chi connectivity index (χ4v) is 2.82. The van der Waals surface area contributed by atoms with E-state index in [9.17, 15) is 18.7 Å². The molecule has 1 aromatic rings. The van der Waals surface area contributed by atoms with Gasteiger partial charge in [0.2, 0.25) is 0 Å². The van der Waals surface area contributed by atoms with Crippen LogP contribution in [-0.2, 0) is 0 Å². The van der Waals surface area contributed by atoms with Gasteiger partial charge in [0.25, 0.3) is 5.91 Å². The van der Waals surface area contributed by atoms with Crippen molar-refractivity contribution in [1.29, 1.82) is 0 Å². The maximum Gasteiger partial charge on any atom is 0.251 e. The number of aliphatic hydroxyl groups is 1. The monoisotopic (exact) mass is 348 g/mol. The van der Waals surface area contributed by atoms with Crippen molar-refractivity contribution in [2.45, 2.75) is 35.4 Å². The van der Waals surface area contributed by atoms with Gasteiger partial charge < -0.3 is 10.4 Å². The first-order valence-electron chi connectivity index (χ1n) is 6.13. The van der Waals surface area contributed by atoms with Crippen molar-refractivity contribution in [1.82, 2.24) is 5.32 Å². The van der Waals surface area contributed by atoms with Crippen LogP contribution in [0.2, 0.25) is 0 Å². The van der Waals surface area contributed by atoms with Crippen LogP contribution in [0.5, 0.6) is 0 Å². The van der Waals surface area contributed by atoms with Gasteiger partial charge in [-0.15, -0.1) is 0 Å². The summed E-state index contributed by atoms with van der Waals surface area (Å²) in [6.07, 6.45) is -4.20. The normalized spacial score (nSPS) is 37.5. The van der Waals surface area contributed by atoms with Crippen LogP contribution in [0.1, 0.15) is 16.8 Å². The molecule has 20 heavy (non-hydrogen) atoms. The highest BCUT2D eigenvalue weighted by atomic mass is 79.9. The van der Waals surface area contributed by atoms with E-state index in [2.05, 4.69) is 21.2 Å². The Morgan fingerprint density at radius 1 is 1.40 bits per heavy atom. The number of rotatable bonds is 2. The Labute approximate surface area is 123 Å². The third kappa shape index (κ3) is 2.84. The molecular weight excluding hydrogens is 334 g/mol. The molecule has 5 atom stereocenters. The lowest BCUT2D eigenvalue weighted by Crippen LogP contribution is -2.70. The van der Waals surface area contributed by atoms with E-state index in [0.717, 1.165) is 0 Å². The van der Waals surface area contributed by atoms with Crippen LogP contribution in [0.4, 0.5) is 8.78 Å². The number of nitrogens with two attached hydrogens (primary N) is 1. The van der Waals surface area contributed by atoms with Crippen molar-refractivity contribution in [2.75, 3.05) is 0 Å². The molecule has 3 unspecified atom stereocenters. The SMILES string of the molecule is N[C@@]1(O)C(F)C(F)C(Br)C[C@@H]1NC(=O)c1ccccc1. The second-order valence-electron chi connectivity index (χ2n) is 4.88. The maximum atomic E-state index is 13.8. The van der Waals surface area contributed by atoms with Crippen molar-refractivity contribution >= 4 is 21.8 Å². The van der Waals surface area contributed by atoms with Gasteiger partial charge in [0.15, 0.2) is 11.9 Å². The Morgan fingerprint density at radius 2 is 2.00 bits per heavy atom. The number of alkyl halides is 3. The highest BCUT2D eigenvalue weighted by Gasteiger charge is 2.53. The summed E-state index contributed by atoms with van der Waals surface area (Å²) in [7, 11) is 0. The Kier molecular flexibility index (Phi) is 4.41. The first-order chi connectivity index (χ1) is 9.34. The molecule has 1 aliphatic carbocycles. The fourth-order valence-electron chi connectivity index (χ4n) is 2.18. The minimum absolute atomic E-state index is 0.00679. The second-order valence-corrected chi connectivity index (χ2v) is 6.05. The summed E-state index contributed by atoms with van der Waals surface area (Å²) in [5, 5.41) is 12.4. The van der Waals surface area contributed by atoms with Gasteiger partial charge in [-0.25, -0.2) is 8.78 Å². The molecule has 7 heteroatoms. The van der Waals surface area contributed by atoms with Crippen LogP contribution < -0.4 is 11.1 Å². The number of benzene rings is 1. The van der Waals surface area contributed by atoms with Crippen molar-refractivity contribution in [3.63, 3.8) is 0 Å². The zero-order chi connectivity index (χ0) is 14.9. The van der Waals surface area contributed by atoms with Gasteiger partial charge in [-0.3, -0.25) is 10.5 Å². The smallest absolute Gasteiger partial charge is 0.251 e. The Balaban J connectivity index is 2.14. The van der Waals surface area contributed by atoms with E-state index >= 15 is 0 Å². The van der Waals surface area contributed by atoms with E-state index in [1.165, 1.54) is 0 Å². The maximum absolute atomic E-state index is 13.8. The molecule has 0 aliphatic heterocycles. The highest BCUT2D eigenvalue weighted by molar-refractivity contribution is 9.09. The summed E-state index contributed by atoms with van der Waals surface area (Å²) < 4.78 is 27.3. The van der Waals surface area contributed by atoms with Crippen LogP contribution in [-0.4, -0.2) is 40.0 Å². The zero-order valence-electron chi connectivity index (χ0n) is 10.5. The third-order valence-corrected chi connectivity index (χ3v) is 4.31. The molecule has 1 fully saturated rings. The van der Waals surface area contributed by atoms with Gasteiger partial charge >= 0.3 is 0 Å². The van der Waals surface area contributed by atoms with E-state index < -0.39 is 34.8 Å². The molecule has 1 aliphatic rings. The van der Waals surface area contributed by atoms with E-state index in [-0.39, 0.29) is 6.42 Å². The van der Waals surface area contributed by atoms with Crippen molar-refractivity contribution < 1.29 is 18.7 Å². The number of carbonyl (C=O) groups is 1. The fraction of sp³-hybridized carbons (Fsp3) is 0.462. The quantitative estimate of drug-likeness (QED) is 0.556. The van der Waals surface area contributed by atoms with E-state index in [0.29, 0.717) is 5.56 Å². The van der Waals surface area contributed by atoms with E-state index in [1.807, 2.05) is 0 Å². The van der Waals surface area contributed by atoms with Gasteiger partial charge in [0.1, 0.15) is 6.17 Å². The van der Waals surface area contributed by atoms with Crippen LogP contribution in [0.3, 0.4) is 0 Å². The van der Waals surface area contributed by atoms with Crippen molar-refractivity contribution in [3.8, 4) is 0 Å². The van der Waals surface area contributed by atoms with Crippen LogP contribution in [0, 0.1) is 0 Å². The van der Waals surface area contributed by atoms with E-state index in [4.69, 9.17) is 5.73 Å². The number of amides is 1. The minimum Gasteiger partial charge on any atom is -0.371 e. The lowest BCUT2D eigenvalue weighted by atomic mass is 9.84. The van der Waals surface area contributed by atoms with Crippen molar-refractivity contribution in [3.05, 3.63) is 35.9 Å². The molecule has 0 saturated heterocycles. The number of hydrogen-bond donors (Lipinski definition) is 3. The molecule has 1 saturated carbocycles. The molecule has 0 aromatic heterocycles. The molecule has 0 radical (unpaired) electrons. The summed E-state index contributed by atoms with van der Waals surface area (Å²) in [6.45, 7) is 0. The molecular formula is C13H15BrF2N2O2. The van der Waals surface area contributed by atoms with Gasteiger partial charge in [-0.05, 0) is 18.6 Å². The molecule has 1 amide bonds. The summed E-state index contributed by atoms with van der Waals surface area (Å²) in [5.74, 6) is -0.497. The standard InChI is InChI=1S/C13H15BrF2N2O2/c14-8-6-9(13(17,20)11(16)10(8)15)18-12(19)7-4-2-1-3-5-7/h1-5,8-11,20H,6,17H2,(H,18,19)/t8?,9-,10?,11?,13-/m0/s1. The zero-order valence-corrected chi connectivity index (χ0v) is 12.1. The lowest BCUT2D eigenvalue weighted by Gasteiger charge is -2.43. The predicted octanol–water partition coefficient (Wildman–Crippen LogP) is 1.28. The summed E-state index contributed by atoms with van der Waals surface area (Å²) in [5.41, 5.74) is 3.37. The first kappa shape index (κ1) is 15.3. The molecule has 110 valence electrons. The molecule has 1 aromatic carbocycles. The molecule has 4 nitrogen and oxygen atoms in total. The van der Waals surface area contributed by atoms with Crippen LogP contribution in [0.15, 0.2) is 30.3 Å². The second kappa shape index (κ2) is 5.75. The summed E-state index contributed by atoms with van der Waals surface area (Å²) in [4.78, 5) is 11.2. The average Bonchev–Trinajstić information content (AvgIpc) is 2.44. The van der Waals surface area contributed by atoms with Gasteiger partial charge in [0, 0.05) is 5.56 Å². The predicted molar refractivity (Wildman–Crippen MR) is 74.0 cm³/mol. The number of nitrogens with one attached hydrogen (secondary N) is 1. The molecule has 0 heterocycles. The van der Waals surface area contributed by atoms with Gasteiger partial charge in [-0.1, -0.05) is 34.1 Å². The van der Waals surface area contributed by atoms with Crippen molar-refractivity contribution in [2.24, 2.45) is 5.73 Å². The first-order valence-corrected chi connectivity index (χ1v) is 7.05. The van der Waals surface area contributed by atoms with Crippen LogP contribution in [0.25, 0.3) is 0 Å². The largest absolute Gasteiger partial charge is 0.371 e. The minimum atomic E-state index is -2.44. The molecule has 0 spiro atoms. The third-order valence-electron chi connectivity index (χ3n) is 3.43. The Hall–Kier alpha value is -1.05. The molecule has 4 N–H and O–H groups in total.